The molecule has 2 N–H and O–H groups in total. The molecule has 0 bridgehead atoms. The Morgan fingerprint density at radius 2 is 1.88 bits per heavy atom. The maximum atomic E-state index is 5.36. The highest BCUT2D eigenvalue weighted by Gasteiger charge is 2.25. The zero-order chi connectivity index (χ0) is 11.4. The average Bonchev–Trinajstić information content (AvgIpc) is 3.11. The monoisotopic (exact) mass is 240 g/mol. The minimum Gasteiger partial charge on any atom is -0.360 e. The van der Waals surface area contributed by atoms with Gasteiger partial charge in [-0.3, -0.25) is 0 Å². The first kappa shape index (κ1) is 12.2. The molecule has 0 saturated heterocycles. The van der Waals surface area contributed by atoms with Crippen molar-refractivity contribution in [1.29, 1.82) is 0 Å². The van der Waals surface area contributed by atoms with E-state index in [-0.39, 0.29) is 0 Å². The smallest absolute Gasteiger partial charge is 0.166 e. The van der Waals surface area contributed by atoms with Crippen LogP contribution >= 0.6 is 12.2 Å². The maximum absolute atomic E-state index is 5.36. The van der Waals surface area contributed by atoms with Gasteiger partial charge in [-0.05, 0) is 50.2 Å². The van der Waals surface area contributed by atoms with Crippen molar-refractivity contribution in [3.05, 3.63) is 0 Å². The molecule has 1 atom stereocenters. The van der Waals surface area contributed by atoms with Crippen LogP contribution in [0.2, 0.25) is 0 Å². The molecule has 2 aliphatic rings. The Morgan fingerprint density at radius 1 is 1.19 bits per heavy atom. The van der Waals surface area contributed by atoms with Gasteiger partial charge < -0.3 is 10.6 Å². The van der Waals surface area contributed by atoms with Crippen molar-refractivity contribution in [1.82, 2.24) is 10.6 Å². The highest BCUT2D eigenvalue weighted by Crippen LogP contribution is 2.27. The molecule has 2 rings (SSSR count). The first-order valence-corrected chi connectivity index (χ1v) is 7.27. The summed E-state index contributed by atoms with van der Waals surface area (Å²) >= 11 is 5.36. The minimum absolute atomic E-state index is 0.596. The molecular formula is C13H24N2S. The fourth-order valence-corrected chi connectivity index (χ4v) is 3.03. The summed E-state index contributed by atoms with van der Waals surface area (Å²) in [6.07, 6.45) is 10.8. The third-order valence-electron chi connectivity index (χ3n) is 3.89. The zero-order valence-corrected chi connectivity index (χ0v) is 11.1. The largest absolute Gasteiger partial charge is 0.360 e. The summed E-state index contributed by atoms with van der Waals surface area (Å²) in [6, 6.07) is 1.27. The van der Waals surface area contributed by atoms with Gasteiger partial charge in [0, 0.05) is 12.1 Å². The molecule has 2 aliphatic carbocycles. The lowest BCUT2D eigenvalue weighted by Crippen LogP contribution is -2.46. The topological polar surface area (TPSA) is 24.1 Å². The summed E-state index contributed by atoms with van der Waals surface area (Å²) in [6.45, 7) is 2.27. The minimum atomic E-state index is 0.596. The van der Waals surface area contributed by atoms with Crippen LogP contribution in [0.5, 0.6) is 0 Å². The van der Waals surface area contributed by atoms with E-state index >= 15 is 0 Å². The number of nitrogens with one attached hydrogen (secondary N) is 2. The Kier molecular flexibility index (Phi) is 4.45. The van der Waals surface area contributed by atoms with Gasteiger partial charge in [0.2, 0.25) is 0 Å². The van der Waals surface area contributed by atoms with Crippen LogP contribution in [0, 0.1) is 5.92 Å². The number of hydrogen-bond donors (Lipinski definition) is 2. The molecule has 1 unspecified atom stereocenters. The number of thiocarbonyl (C=S) groups is 1. The van der Waals surface area contributed by atoms with Gasteiger partial charge in [-0.1, -0.05) is 26.2 Å². The first-order valence-electron chi connectivity index (χ1n) is 6.86. The van der Waals surface area contributed by atoms with E-state index in [1.54, 1.807) is 0 Å². The van der Waals surface area contributed by atoms with Crippen LogP contribution < -0.4 is 10.6 Å². The van der Waals surface area contributed by atoms with Gasteiger partial charge >= 0.3 is 0 Å². The highest BCUT2D eigenvalue weighted by atomic mass is 32.1. The van der Waals surface area contributed by atoms with E-state index in [9.17, 15) is 0 Å². The van der Waals surface area contributed by atoms with Crippen LogP contribution in [-0.4, -0.2) is 17.2 Å². The van der Waals surface area contributed by atoms with Crippen molar-refractivity contribution in [3.8, 4) is 0 Å². The molecule has 3 heteroatoms. The highest BCUT2D eigenvalue weighted by molar-refractivity contribution is 7.80. The molecular weight excluding hydrogens is 216 g/mol. The Hall–Kier alpha value is -0.310. The molecule has 92 valence electrons. The first-order chi connectivity index (χ1) is 7.79. The fraction of sp³-hybridized carbons (Fsp3) is 0.923. The van der Waals surface area contributed by atoms with Crippen molar-refractivity contribution in [2.24, 2.45) is 5.92 Å². The van der Waals surface area contributed by atoms with Crippen LogP contribution in [-0.2, 0) is 0 Å². The summed E-state index contributed by atoms with van der Waals surface area (Å²) in [7, 11) is 0. The molecule has 2 nitrogen and oxygen atoms in total. The average molecular weight is 240 g/mol. The lowest BCUT2D eigenvalue weighted by molar-refractivity contribution is 0.283. The second kappa shape index (κ2) is 5.85. The summed E-state index contributed by atoms with van der Waals surface area (Å²) < 4.78 is 0. The molecule has 0 spiro atoms. The van der Waals surface area contributed by atoms with Crippen LogP contribution in [0.25, 0.3) is 0 Å². The Balaban J connectivity index is 1.76. The summed E-state index contributed by atoms with van der Waals surface area (Å²) in [5, 5.41) is 7.79. The van der Waals surface area contributed by atoms with Gasteiger partial charge in [0.1, 0.15) is 0 Å². The lowest BCUT2D eigenvalue weighted by Gasteiger charge is -2.31. The quantitative estimate of drug-likeness (QED) is 0.739. The normalized spacial score (nSPS) is 23.8. The summed E-state index contributed by atoms with van der Waals surface area (Å²) in [4.78, 5) is 0. The van der Waals surface area contributed by atoms with Crippen LogP contribution in [0.3, 0.4) is 0 Å². The van der Waals surface area contributed by atoms with Gasteiger partial charge in [-0.15, -0.1) is 0 Å². The van der Waals surface area contributed by atoms with E-state index in [2.05, 4.69) is 17.6 Å². The van der Waals surface area contributed by atoms with Crippen molar-refractivity contribution in [2.45, 2.75) is 70.4 Å². The van der Waals surface area contributed by atoms with Crippen molar-refractivity contribution >= 4 is 17.3 Å². The zero-order valence-electron chi connectivity index (χ0n) is 10.3. The Bertz CT molecular complexity index is 232. The fourth-order valence-electron chi connectivity index (χ4n) is 2.71. The van der Waals surface area contributed by atoms with Gasteiger partial charge in [-0.25, -0.2) is 0 Å². The van der Waals surface area contributed by atoms with E-state index in [0.29, 0.717) is 12.1 Å². The molecule has 2 saturated carbocycles. The molecule has 0 amide bonds. The molecule has 0 aliphatic heterocycles. The van der Waals surface area contributed by atoms with Crippen LogP contribution in [0.4, 0.5) is 0 Å². The SMILES string of the molecule is CCC(NC(=S)NC1CC1)C1CCCCC1. The van der Waals surface area contributed by atoms with Crippen LogP contribution in [0.1, 0.15) is 58.3 Å². The molecule has 0 aromatic carbocycles. The summed E-state index contributed by atoms with van der Waals surface area (Å²) in [5.74, 6) is 0.845. The Labute approximate surface area is 105 Å². The predicted octanol–water partition coefficient (Wildman–Crippen LogP) is 2.97. The van der Waals surface area contributed by atoms with Gasteiger partial charge in [0.05, 0.1) is 0 Å². The van der Waals surface area contributed by atoms with Crippen molar-refractivity contribution in [2.75, 3.05) is 0 Å². The third-order valence-corrected chi connectivity index (χ3v) is 4.12. The maximum Gasteiger partial charge on any atom is 0.166 e. The number of hydrogen-bond acceptors (Lipinski definition) is 1. The Morgan fingerprint density at radius 3 is 2.44 bits per heavy atom. The van der Waals surface area contributed by atoms with E-state index < -0.39 is 0 Å². The third kappa shape index (κ3) is 3.62. The van der Waals surface area contributed by atoms with E-state index in [1.165, 1.54) is 51.4 Å². The molecule has 2 fully saturated rings. The van der Waals surface area contributed by atoms with Gasteiger partial charge in [0.15, 0.2) is 5.11 Å². The van der Waals surface area contributed by atoms with Crippen LogP contribution in [0.15, 0.2) is 0 Å². The predicted molar refractivity (Wildman–Crippen MR) is 72.5 cm³/mol. The standard InChI is InChI=1S/C13H24N2S/c1-2-12(10-6-4-3-5-7-10)15-13(16)14-11-8-9-11/h10-12H,2-9H2,1H3,(H2,14,15,16). The second-order valence-corrected chi connectivity index (χ2v) is 5.71. The van der Waals surface area contributed by atoms with Crippen molar-refractivity contribution < 1.29 is 0 Å². The molecule has 0 aromatic heterocycles. The molecule has 16 heavy (non-hydrogen) atoms. The molecule has 0 radical (unpaired) electrons. The number of rotatable bonds is 4. The van der Waals surface area contributed by atoms with Gasteiger partial charge in [-0.2, -0.15) is 0 Å². The van der Waals surface area contributed by atoms with E-state index in [1.807, 2.05) is 0 Å². The lowest BCUT2D eigenvalue weighted by atomic mass is 9.83. The van der Waals surface area contributed by atoms with Crippen molar-refractivity contribution in [3.63, 3.8) is 0 Å². The van der Waals surface area contributed by atoms with E-state index in [4.69, 9.17) is 12.2 Å². The van der Waals surface area contributed by atoms with Gasteiger partial charge in [0.25, 0.3) is 0 Å². The van der Waals surface area contributed by atoms with E-state index in [0.717, 1.165) is 11.0 Å². The second-order valence-electron chi connectivity index (χ2n) is 5.30. The molecule has 0 heterocycles. The molecule has 0 aromatic rings. The summed E-state index contributed by atoms with van der Waals surface area (Å²) in [5.41, 5.74) is 0.